The molecule has 1 atom stereocenters. The molecule has 19 heavy (non-hydrogen) atoms. The van der Waals surface area contributed by atoms with E-state index in [0.717, 1.165) is 38.1 Å². The summed E-state index contributed by atoms with van der Waals surface area (Å²) in [7, 11) is 2.15. The number of carboxylic acid groups (broad SMARTS) is 1. The van der Waals surface area contributed by atoms with Crippen LogP contribution in [0.2, 0.25) is 0 Å². The molecule has 4 heteroatoms. The third-order valence-corrected chi connectivity index (χ3v) is 4.48. The summed E-state index contributed by atoms with van der Waals surface area (Å²) in [5.74, 6) is 0.233. The summed E-state index contributed by atoms with van der Waals surface area (Å²) >= 11 is 0. The standard InChI is InChI=1S/C15H28N2O2/c1-3-15(14(18)19,16-13-7-8-13)9-4-10-17(2)11-12-5-6-12/h12-13,16H,3-11H2,1-2H3,(H,18,19). The lowest BCUT2D eigenvalue weighted by Gasteiger charge is -2.30. The van der Waals surface area contributed by atoms with E-state index in [-0.39, 0.29) is 0 Å². The van der Waals surface area contributed by atoms with Gasteiger partial charge in [-0.2, -0.15) is 0 Å². The Kier molecular flexibility index (Phi) is 4.85. The molecule has 0 aromatic carbocycles. The van der Waals surface area contributed by atoms with Crippen molar-refractivity contribution < 1.29 is 9.90 Å². The van der Waals surface area contributed by atoms with Crippen molar-refractivity contribution in [3.8, 4) is 0 Å². The molecule has 2 rings (SSSR count). The van der Waals surface area contributed by atoms with Gasteiger partial charge in [0.25, 0.3) is 0 Å². The van der Waals surface area contributed by atoms with Crippen LogP contribution in [-0.4, -0.2) is 47.7 Å². The second-order valence-electron chi connectivity index (χ2n) is 6.47. The molecule has 0 bridgehead atoms. The van der Waals surface area contributed by atoms with E-state index in [1.54, 1.807) is 0 Å². The molecule has 2 N–H and O–H groups in total. The third-order valence-electron chi connectivity index (χ3n) is 4.48. The largest absolute Gasteiger partial charge is 0.480 e. The molecule has 110 valence electrons. The first-order chi connectivity index (χ1) is 9.05. The lowest BCUT2D eigenvalue weighted by Crippen LogP contribution is -2.53. The minimum Gasteiger partial charge on any atom is -0.480 e. The number of nitrogens with one attached hydrogen (secondary N) is 1. The molecule has 0 aliphatic heterocycles. The van der Waals surface area contributed by atoms with E-state index >= 15 is 0 Å². The van der Waals surface area contributed by atoms with Crippen molar-refractivity contribution in [2.75, 3.05) is 20.1 Å². The lowest BCUT2D eigenvalue weighted by molar-refractivity contribution is -0.145. The number of hydrogen-bond donors (Lipinski definition) is 2. The first-order valence-corrected chi connectivity index (χ1v) is 7.75. The Labute approximate surface area is 116 Å². The van der Waals surface area contributed by atoms with E-state index in [0.29, 0.717) is 12.5 Å². The molecule has 2 fully saturated rings. The maximum absolute atomic E-state index is 11.6. The zero-order valence-corrected chi connectivity index (χ0v) is 12.3. The van der Waals surface area contributed by atoms with Gasteiger partial charge in [-0.05, 0) is 64.5 Å². The summed E-state index contributed by atoms with van der Waals surface area (Å²) in [6.07, 6.45) is 7.40. The van der Waals surface area contributed by atoms with Gasteiger partial charge >= 0.3 is 5.97 Å². The van der Waals surface area contributed by atoms with Gasteiger partial charge < -0.3 is 10.0 Å². The second kappa shape index (κ2) is 6.23. The van der Waals surface area contributed by atoms with Crippen LogP contribution in [0, 0.1) is 5.92 Å². The minimum atomic E-state index is -0.693. The highest BCUT2D eigenvalue weighted by Gasteiger charge is 2.40. The Balaban J connectivity index is 1.75. The molecule has 0 heterocycles. The molecule has 2 saturated carbocycles. The molecule has 0 spiro atoms. The van der Waals surface area contributed by atoms with Crippen molar-refractivity contribution >= 4 is 5.97 Å². The molecule has 0 aromatic heterocycles. The predicted molar refractivity (Wildman–Crippen MR) is 76.3 cm³/mol. The monoisotopic (exact) mass is 268 g/mol. The topological polar surface area (TPSA) is 52.6 Å². The maximum atomic E-state index is 11.6. The zero-order valence-electron chi connectivity index (χ0n) is 12.3. The SMILES string of the molecule is CCC(CCCN(C)CC1CC1)(NC1CC1)C(=O)O. The fourth-order valence-corrected chi connectivity index (χ4v) is 2.77. The van der Waals surface area contributed by atoms with Crippen molar-refractivity contribution in [2.24, 2.45) is 5.92 Å². The second-order valence-corrected chi connectivity index (χ2v) is 6.47. The summed E-state index contributed by atoms with van der Waals surface area (Å²) in [4.78, 5) is 14.0. The van der Waals surface area contributed by atoms with Crippen LogP contribution in [0.15, 0.2) is 0 Å². The predicted octanol–water partition coefficient (Wildman–Crippen LogP) is 2.09. The Hall–Kier alpha value is -0.610. The van der Waals surface area contributed by atoms with Crippen molar-refractivity contribution in [2.45, 2.75) is 63.5 Å². The van der Waals surface area contributed by atoms with E-state index < -0.39 is 11.5 Å². The van der Waals surface area contributed by atoms with Crippen LogP contribution in [0.1, 0.15) is 51.9 Å². The van der Waals surface area contributed by atoms with Crippen LogP contribution >= 0.6 is 0 Å². The average Bonchev–Trinajstić information content (AvgIpc) is 3.23. The number of carbonyl (C=O) groups is 1. The molecule has 2 aliphatic carbocycles. The molecule has 0 amide bonds. The molecule has 0 radical (unpaired) electrons. The highest BCUT2D eigenvalue weighted by atomic mass is 16.4. The normalized spacial score (nSPS) is 22.5. The van der Waals surface area contributed by atoms with E-state index in [1.165, 1.54) is 19.4 Å². The quantitative estimate of drug-likeness (QED) is 0.637. The third kappa shape index (κ3) is 4.46. The van der Waals surface area contributed by atoms with Crippen LogP contribution < -0.4 is 5.32 Å². The summed E-state index contributed by atoms with van der Waals surface area (Å²) in [6.45, 7) is 4.18. The Morgan fingerprint density at radius 1 is 1.37 bits per heavy atom. The van der Waals surface area contributed by atoms with Crippen LogP contribution in [-0.2, 0) is 4.79 Å². The van der Waals surface area contributed by atoms with Gasteiger partial charge in [-0.3, -0.25) is 10.1 Å². The number of hydrogen-bond acceptors (Lipinski definition) is 3. The number of nitrogens with zero attached hydrogens (tertiary/aromatic N) is 1. The van der Waals surface area contributed by atoms with Crippen molar-refractivity contribution in [3.63, 3.8) is 0 Å². The number of carboxylic acids is 1. The molecule has 0 saturated heterocycles. The van der Waals surface area contributed by atoms with Gasteiger partial charge in [-0.1, -0.05) is 6.92 Å². The number of aliphatic carboxylic acids is 1. The van der Waals surface area contributed by atoms with E-state index in [4.69, 9.17) is 0 Å². The van der Waals surface area contributed by atoms with Gasteiger partial charge in [0.15, 0.2) is 0 Å². The molecule has 4 nitrogen and oxygen atoms in total. The van der Waals surface area contributed by atoms with Gasteiger partial charge in [0, 0.05) is 12.6 Å². The molecule has 0 aromatic rings. The fraction of sp³-hybridized carbons (Fsp3) is 0.933. The number of rotatable bonds is 10. The fourth-order valence-electron chi connectivity index (χ4n) is 2.77. The highest BCUT2D eigenvalue weighted by Crippen LogP contribution is 2.30. The zero-order chi connectivity index (χ0) is 13.9. The maximum Gasteiger partial charge on any atom is 0.323 e. The van der Waals surface area contributed by atoms with Crippen LogP contribution in [0.4, 0.5) is 0 Å². The van der Waals surface area contributed by atoms with E-state index in [9.17, 15) is 9.90 Å². The lowest BCUT2D eigenvalue weighted by atomic mass is 9.90. The molecular weight excluding hydrogens is 240 g/mol. The van der Waals surface area contributed by atoms with Gasteiger partial charge in [-0.25, -0.2) is 0 Å². The van der Waals surface area contributed by atoms with E-state index in [2.05, 4.69) is 17.3 Å². The average molecular weight is 268 g/mol. The smallest absolute Gasteiger partial charge is 0.323 e. The molecule has 1 unspecified atom stereocenters. The van der Waals surface area contributed by atoms with Gasteiger partial charge in [0.2, 0.25) is 0 Å². The molecule has 2 aliphatic rings. The van der Waals surface area contributed by atoms with Crippen molar-refractivity contribution in [3.05, 3.63) is 0 Å². The summed E-state index contributed by atoms with van der Waals surface area (Å²) in [6, 6.07) is 0.445. The van der Waals surface area contributed by atoms with Crippen molar-refractivity contribution in [1.82, 2.24) is 10.2 Å². The van der Waals surface area contributed by atoms with E-state index in [1.807, 2.05) is 6.92 Å². The Bertz CT molecular complexity index is 313. The van der Waals surface area contributed by atoms with Crippen molar-refractivity contribution in [1.29, 1.82) is 0 Å². The summed E-state index contributed by atoms with van der Waals surface area (Å²) < 4.78 is 0. The minimum absolute atomic E-state index is 0.445. The summed E-state index contributed by atoms with van der Waals surface area (Å²) in [5.41, 5.74) is -0.693. The van der Waals surface area contributed by atoms with Crippen LogP contribution in [0.5, 0.6) is 0 Å². The molecular formula is C15H28N2O2. The first kappa shape index (κ1) is 14.8. The van der Waals surface area contributed by atoms with Crippen LogP contribution in [0.25, 0.3) is 0 Å². The Morgan fingerprint density at radius 3 is 2.53 bits per heavy atom. The van der Waals surface area contributed by atoms with Gasteiger partial charge in [0.1, 0.15) is 5.54 Å². The highest BCUT2D eigenvalue weighted by molar-refractivity contribution is 5.78. The van der Waals surface area contributed by atoms with Gasteiger partial charge in [0.05, 0.1) is 0 Å². The summed E-state index contributed by atoms with van der Waals surface area (Å²) in [5, 5.41) is 12.9. The van der Waals surface area contributed by atoms with Gasteiger partial charge in [-0.15, -0.1) is 0 Å². The first-order valence-electron chi connectivity index (χ1n) is 7.75. The van der Waals surface area contributed by atoms with Crippen LogP contribution in [0.3, 0.4) is 0 Å². The Morgan fingerprint density at radius 2 is 2.05 bits per heavy atom.